The van der Waals surface area contributed by atoms with Gasteiger partial charge in [0.05, 0.1) is 11.7 Å². The molecular weight excluding hydrogens is 195 g/mol. The number of ketones is 1. The Hall–Kier alpha value is -1.42. The van der Waals surface area contributed by atoms with Crippen molar-refractivity contribution in [1.82, 2.24) is 5.32 Å². The number of hydrogen-bond donors (Lipinski definition) is 2. The maximum Gasteiger partial charge on any atom is 0.181 e. The average molecular weight is 208 g/mol. The summed E-state index contributed by atoms with van der Waals surface area (Å²) in [5.74, 6) is -0.636. The van der Waals surface area contributed by atoms with E-state index in [4.69, 9.17) is 5.73 Å². The summed E-state index contributed by atoms with van der Waals surface area (Å²) in [6.45, 7) is 0.839. The molecule has 0 aromatic heterocycles. The van der Waals surface area contributed by atoms with E-state index < -0.39 is 5.82 Å². The van der Waals surface area contributed by atoms with Gasteiger partial charge in [0.1, 0.15) is 5.82 Å². The lowest BCUT2D eigenvalue weighted by Crippen LogP contribution is -2.31. The van der Waals surface area contributed by atoms with E-state index in [1.165, 1.54) is 12.1 Å². The van der Waals surface area contributed by atoms with Crippen molar-refractivity contribution in [2.75, 3.05) is 12.3 Å². The second-order valence-corrected chi connectivity index (χ2v) is 3.71. The highest BCUT2D eigenvalue weighted by molar-refractivity contribution is 6.04. The number of rotatable bonds is 2. The third-order valence-electron chi connectivity index (χ3n) is 2.70. The second-order valence-electron chi connectivity index (χ2n) is 3.71. The molecule has 0 amide bonds. The lowest BCUT2D eigenvalue weighted by Gasteiger charge is -2.11. The first-order chi connectivity index (χ1) is 7.20. The van der Waals surface area contributed by atoms with Crippen molar-refractivity contribution in [2.24, 2.45) is 0 Å². The van der Waals surface area contributed by atoms with Crippen molar-refractivity contribution in [2.45, 2.75) is 18.9 Å². The number of nitrogen functional groups attached to an aromatic ring is 1. The van der Waals surface area contributed by atoms with Gasteiger partial charge in [-0.2, -0.15) is 0 Å². The van der Waals surface area contributed by atoms with Crippen LogP contribution in [0.15, 0.2) is 18.2 Å². The summed E-state index contributed by atoms with van der Waals surface area (Å²) in [6.07, 6.45) is 1.78. The second kappa shape index (κ2) is 3.98. The summed E-state index contributed by atoms with van der Waals surface area (Å²) in [4.78, 5) is 11.9. The van der Waals surface area contributed by atoms with Gasteiger partial charge in [-0.05, 0) is 31.5 Å². The number of para-hydroxylation sites is 1. The van der Waals surface area contributed by atoms with Gasteiger partial charge < -0.3 is 11.1 Å². The molecule has 0 bridgehead atoms. The van der Waals surface area contributed by atoms with Crippen LogP contribution in [-0.4, -0.2) is 18.4 Å². The number of nitrogens with two attached hydrogens (primary N) is 1. The van der Waals surface area contributed by atoms with Crippen LogP contribution in [0.2, 0.25) is 0 Å². The van der Waals surface area contributed by atoms with Crippen LogP contribution in [0.1, 0.15) is 23.2 Å². The Bertz CT molecular complexity index is 386. The standard InChI is InChI=1S/C11H13FN2O/c12-8-4-1-3-7(10(8)13)11(15)9-5-2-6-14-9/h1,3-4,9,14H,2,5-6,13H2. The minimum absolute atomic E-state index is 0.0452. The zero-order valence-electron chi connectivity index (χ0n) is 8.29. The van der Waals surface area contributed by atoms with Gasteiger partial charge in [0.25, 0.3) is 0 Å². The fourth-order valence-corrected chi connectivity index (χ4v) is 1.85. The topological polar surface area (TPSA) is 55.1 Å². The van der Waals surface area contributed by atoms with E-state index >= 15 is 0 Å². The molecule has 1 heterocycles. The molecule has 0 spiro atoms. The molecule has 3 nitrogen and oxygen atoms in total. The van der Waals surface area contributed by atoms with E-state index in [0.29, 0.717) is 0 Å². The van der Waals surface area contributed by atoms with E-state index in [1.807, 2.05) is 0 Å². The molecule has 1 aromatic carbocycles. The van der Waals surface area contributed by atoms with Crippen molar-refractivity contribution in [3.05, 3.63) is 29.6 Å². The number of Topliss-reactive ketones (excluding diaryl/α,β-unsaturated/α-hetero) is 1. The number of hydrogen-bond acceptors (Lipinski definition) is 3. The lowest BCUT2D eigenvalue weighted by molar-refractivity contribution is 0.0953. The van der Waals surface area contributed by atoms with Crippen LogP contribution in [0.5, 0.6) is 0 Å². The highest BCUT2D eigenvalue weighted by atomic mass is 19.1. The summed E-state index contributed by atoms with van der Waals surface area (Å²) in [7, 11) is 0. The Kier molecular flexibility index (Phi) is 2.68. The maximum absolute atomic E-state index is 13.1. The van der Waals surface area contributed by atoms with E-state index in [2.05, 4.69) is 5.32 Å². The van der Waals surface area contributed by atoms with Crippen LogP contribution < -0.4 is 11.1 Å². The van der Waals surface area contributed by atoms with Crippen LogP contribution in [0, 0.1) is 5.82 Å². The van der Waals surface area contributed by atoms with Gasteiger partial charge in [-0.3, -0.25) is 4.79 Å². The number of anilines is 1. The fourth-order valence-electron chi connectivity index (χ4n) is 1.85. The number of halogens is 1. The smallest absolute Gasteiger partial charge is 0.181 e. The van der Waals surface area contributed by atoms with Crippen LogP contribution in [0.4, 0.5) is 10.1 Å². The molecule has 0 saturated carbocycles. The Labute approximate surface area is 87.5 Å². The van der Waals surface area contributed by atoms with Gasteiger partial charge in [0.15, 0.2) is 5.78 Å². The molecule has 1 aromatic rings. The van der Waals surface area contributed by atoms with Crippen molar-refractivity contribution in [3.63, 3.8) is 0 Å². The summed E-state index contributed by atoms with van der Waals surface area (Å²) in [6, 6.07) is 4.14. The van der Waals surface area contributed by atoms with Gasteiger partial charge in [-0.25, -0.2) is 4.39 Å². The minimum atomic E-state index is -0.529. The first-order valence-electron chi connectivity index (χ1n) is 5.01. The van der Waals surface area contributed by atoms with E-state index in [-0.39, 0.29) is 23.1 Å². The first kappa shape index (κ1) is 10.1. The lowest BCUT2D eigenvalue weighted by atomic mass is 10.0. The SMILES string of the molecule is Nc1c(F)cccc1C(=O)C1CCCN1. The molecule has 1 atom stereocenters. The molecule has 1 fully saturated rings. The molecule has 3 N–H and O–H groups in total. The summed E-state index contributed by atoms with van der Waals surface area (Å²) < 4.78 is 13.1. The first-order valence-corrected chi connectivity index (χ1v) is 5.01. The monoisotopic (exact) mass is 208 g/mol. The third-order valence-corrected chi connectivity index (χ3v) is 2.70. The summed E-state index contributed by atoms with van der Waals surface area (Å²) in [5, 5.41) is 3.07. The zero-order valence-corrected chi connectivity index (χ0v) is 8.29. The Balaban J connectivity index is 2.28. The predicted octanol–water partition coefficient (Wildman–Crippen LogP) is 1.34. The van der Waals surface area contributed by atoms with E-state index in [1.54, 1.807) is 6.07 Å². The highest BCUT2D eigenvalue weighted by Crippen LogP contribution is 2.20. The molecule has 0 radical (unpaired) electrons. The molecule has 1 unspecified atom stereocenters. The molecule has 2 rings (SSSR count). The third kappa shape index (κ3) is 1.85. The quantitative estimate of drug-likeness (QED) is 0.569. The number of carbonyl (C=O) groups excluding carboxylic acids is 1. The van der Waals surface area contributed by atoms with Crippen molar-refractivity contribution < 1.29 is 9.18 Å². The van der Waals surface area contributed by atoms with Gasteiger partial charge in [-0.1, -0.05) is 6.07 Å². The Morgan fingerprint density at radius 3 is 3.00 bits per heavy atom. The van der Waals surface area contributed by atoms with Crippen molar-refractivity contribution >= 4 is 11.5 Å². The molecule has 80 valence electrons. The van der Waals surface area contributed by atoms with Gasteiger partial charge in [0, 0.05) is 5.56 Å². The Morgan fingerprint density at radius 1 is 1.53 bits per heavy atom. The fraction of sp³-hybridized carbons (Fsp3) is 0.364. The molecular formula is C11H13FN2O. The van der Waals surface area contributed by atoms with Gasteiger partial charge >= 0.3 is 0 Å². The van der Waals surface area contributed by atoms with Crippen LogP contribution in [0.25, 0.3) is 0 Å². The zero-order chi connectivity index (χ0) is 10.8. The number of benzene rings is 1. The van der Waals surface area contributed by atoms with Crippen LogP contribution in [-0.2, 0) is 0 Å². The largest absolute Gasteiger partial charge is 0.396 e. The predicted molar refractivity (Wildman–Crippen MR) is 56.2 cm³/mol. The molecule has 1 aliphatic rings. The molecule has 1 saturated heterocycles. The van der Waals surface area contributed by atoms with Gasteiger partial charge in [0.2, 0.25) is 0 Å². The van der Waals surface area contributed by atoms with Gasteiger partial charge in [-0.15, -0.1) is 0 Å². The number of nitrogens with one attached hydrogen (secondary N) is 1. The van der Waals surface area contributed by atoms with E-state index in [0.717, 1.165) is 19.4 Å². The molecule has 1 aliphatic heterocycles. The average Bonchev–Trinajstić information content (AvgIpc) is 2.74. The molecule has 4 heteroatoms. The summed E-state index contributed by atoms with van der Waals surface area (Å²) >= 11 is 0. The highest BCUT2D eigenvalue weighted by Gasteiger charge is 2.25. The maximum atomic E-state index is 13.1. The molecule has 15 heavy (non-hydrogen) atoms. The molecule has 0 aliphatic carbocycles. The normalized spacial score (nSPS) is 20.5. The van der Waals surface area contributed by atoms with Crippen molar-refractivity contribution in [1.29, 1.82) is 0 Å². The van der Waals surface area contributed by atoms with Crippen LogP contribution in [0.3, 0.4) is 0 Å². The van der Waals surface area contributed by atoms with E-state index in [9.17, 15) is 9.18 Å². The summed E-state index contributed by atoms with van der Waals surface area (Å²) in [5.41, 5.74) is 5.77. The minimum Gasteiger partial charge on any atom is -0.396 e. The van der Waals surface area contributed by atoms with Crippen molar-refractivity contribution in [3.8, 4) is 0 Å². The number of carbonyl (C=O) groups is 1. The Morgan fingerprint density at radius 2 is 2.33 bits per heavy atom. The van der Waals surface area contributed by atoms with Crippen LogP contribution >= 0.6 is 0 Å².